The molecule has 6 nitrogen and oxygen atoms in total. The Balaban J connectivity index is 1.91. The van der Waals surface area contributed by atoms with E-state index in [0.717, 1.165) is 37.8 Å². The van der Waals surface area contributed by atoms with E-state index in [0.29, 0.717) is 6.54 Å². The van der Waals surface area contributed by atoms with Gasteiger partial charge in [-0.05, 0) is 13.8 Å². The minimum absolute atomic E-state index is 0.0969. The quantitative estimate of drug-likeness (QED) is 0.792. The molecule has 0 atom stereocenters. The smallest absolute Gasteiger partial charge is 0.225 e. The van der Waals surface area contributed by atoms with E-state index in [1.54, 1.807) is 0 Å². The number of aliphatic hydroxyl groups is 1. The molecule has 0 bridgehead atoms. The van der Waals surface area contributed by atoms with Crippen LogP contribution in [0.25, 0.3) is 0 Å². The number of morpholine rings is 1. The summed E-state index contributed by atoms with van der Waals surface area (Å²) < 4.78 is 5.30. The van der Waals surface area contributed by atoms with E-state index in [4.69, 9.17) is 4.74 Å². The molecule has 1 aliphatic rings. The first kappa shape index (κ1) is 14.2. The molecule has 1 fully saturated rings. The first-order valence-electron chi connectivity index (χ1n) is 6.60. The van der Waals surface area contributed by atoms with Crippen molar-refractivity contribution in [2.24, 2.45) is 0 Å². The van der Waals surface area contributed by atoms with Gasteiger partial charge in [0.25, 0.3) is 0 Å². The number of hydrogen-bond donors (Lipinski definition) is 2. The van der Waals surface area contributed by atoms with E-state index in [-0.39, 0.29) is 12.1 Å². The second kappa shape index (κ2) is 6.27. The fourth-order valence-electron chi connectivity index (χ4n) is 1.76. The number of aliphatic hydroxyl groups excluding tert-OH is 1. The van der Waals surface area contributed by atoms with Crippen molar-refractivity contribution in [1.82, 2.24) is 15.3 Å². The third-order valence-electron chi connectivity index (χ3n) is 3.15. The van der Waals surface area contributed by atoms with Crippen molar-refractivity contribution in [2.45, 2.75) is 25.9 Å². The first-order chi connectivity index (χ1) is 9.11. The number of ether oxygens (including phenoxy) is 1. The van der Waals surface area contributed by atoms with E-state index in [2.05, 4.69) is 20.2 Å². The van der Waals surface area contributed by atoms with Crippen LogP contribution in [0.3, 0.4) is 0 Å². The second-order valence-corrected chi connectivity index (χ2v) is 5.39. The Morgan fingerprint density at radius 3 is 2.53 bits per heavy atom. The molecule has 2 N–H and O–H groups in total. The average Bonchev–Trinajstić information content (AvgIpc) is 2.47. The van der Waals surface area contributed by atoms with Gasteiger partial charge in [0.1, 0.15) is 0 Å². The van der Waals surface area contributed by atoms with Gasteiger partial charge >= 0.3 is 0 Å². The highest BCUT2D eigenvalue weighted by Crippen LogP contribution is 2.10. The van der Waals surface area contributed by atoms with Crippen LogP contribution in [-0.2, 0) is 11.3 Å². The van der Waals surface area contributed by atoms with Gasteiger partial charge in [0, 0.05) is 43.1 Å². The predicted molar refractivity (Wildman–Crippen MR) is 73.1 cm³/mol. The normalized spacial score (nSPS) is 16.7. The number of nitrogens with one attached hydrogen (secondary N) is 1. The summed E-state index contributed by atoms with van der Waals surface area (Å²) in [6, 6.07) is 0. The molecule has 1 aromatic heterocycles. The van der Waals surface area contributed by atoms with Gasteiger partial charge in [-0.25, -0.2) is 9.97 Å². The molecule has 1 saturated heterocycles. The van der Waals surface area contributed by atoms with Crippen LogP contribution in [0.1, 0.15) is 19.4 Å². The Morgan fingerprint density at radius 1 is 1.32 bits per heavy atom. The molecule has 0 amide bonds. The number of nitrogens with zero attached hydrogens (tertiary/aromatic N) is 3. The molecule has 1 aromatic rings. The maximum Gasteiger partial charge on any atom is 0.225 e. The maximum absolute atomic E-state index is 9.17. The minimum atomic E-state index is -0.289. The summed E-state index contributed by atoms with van der Waals surface area (Å²) in [5, 5.41) is 12.4. The van der Waals surface area contributed by atoms with Crippen molar-refractivity contribution >= 4 is 5.95 Å². The number of aromatic nitrogens is 2. The van der Waals surface area contributed by atoms with Crippen molar-refractivity contribution in [3.8, 4) is 0 Å². The molecule has 2 heterocycles. The summed E-state index contributed by atoms with van der Waals surface area (Å²) in [5.74, 6) is 0.758. The van der Waals surface area contributed by atoms with Gasteiger partial charge in [-0.15, -0.1) is 0 Å². The zero-order valence-corrected chi connectivity index (χ0v) is 11.6. The van der Waals surface area contributed by atoms with E-state index < -0.39 is 0 Å². The van der Waals surface area contributed by atoms with Crippen molar-refractivity contribution in [1.29, 1.82) is 0 Å². The van der Waals surface area contributed by atoms with Crippen LogP contribution in [0.5, 0.6) is 0 Å². The molecule has 0 unspecified atom stereocenters. The van der Waals surface area contributed by atoms with Crippen LogP contribution in [0.2, 0.25) is 0 Å². The van der Waals surface area contributed by atoms with Gasteiger partial charge < -0.3 is 20.1 Å². The topological polar surface area (TPSA) is 70.5 Å². The molecule has 6 heteroatoms. The third-order valence-corrected chi connectivity index (χ3v) is 3.15. The van der Waals surface area contributed by atoms with E-state index in [9.17, 15) is 5.11 Å². The lowest BCUT2D eigenvalue weighted by Gasteiger charge is -2.27. The molecular weight excluding hydrogens is 244 g/mol. The third kappa shape index (κ3) is 4.12. The van der Waals surface area contributed by atoms with Gasteiger partial charge in [0.05, 0.1) is 19.8 Å². The van der Waals surface area contributed by atoms with Gasteiger partial charge in [-0.2, -0.15) is 0 Å². The molecular formula is C13H22N4O2. The lowest BCUT2D eigenvalue weighted by Crippen LogP contribution is -2.42. The van der Waals surface area contributed by atoms with Gasteiger partial charge in [0.2, 0.25) is 5.95 Å². The SMILES string of the molecule is CC(C)(CO)NCc1cnc(N2CCOCC2)nc1. The largest absolute Gasteiger partial charge is 0.394 e. The molecule has 19 heavy (non-hydrogen) atoms. The van der Waals surface area contributed by atoms with Gasteiger partial charge in [-0.3, -0.25) is 0 Å². The first-order valence-corrected chi connectivity index (χ1v) is 6.60. The average molecular weight is 266 g/mol. The molecule has 0 spiro atoms. The van der Waals surface area contributed by atoms with Crippen LogP contribution in [0.15, 0.2) is 12.4 Å². The summed E-state index contributed by atoms with van der Waals surface area (Å²) >= 11 is 0. The molecule has 0 saturated carbocycles. The zero-order chi connectivity index (χ0) is 13.7. The molecule has 0 aromatic carbocycles. The van der Waals surface area contributed by atoms with Crippen molar-refractivity contribution in [2.75, 3.05) is 37.8 Å². The van der Waals surface area contributed by atoms with Gasteiger partial charge in [0.15, 0.2) is 0 Å². The summed E-state index contributed by atoms with van der Waals surface area (Å²) in [5.41, 5.74) is 0.724. The fraction of sp³-hybridized carbons (Fsp3) is 0.692. The van der Waals surface area contributed by atoms with E-state index >= 15 is 0 Å². The van der Waals surface area contributed by atoms with E-state index in [1.165, 1.54) is 0 Å². The zero-order valence-electron chi connectivity index (χ0n) is 11.6. The minimum Gasteiger partial charge on any atom is -0.394 e. The highest BCUT2D eigenvalue weighted by Gasteiger charge is 2.16. The summed E-state index contributed by atoms with van der Waals surface area (Å²) in [6.07, 6.45) is 3.66. The summed E-state index contributed by atoms with van der Waals surface area (Å²) in [7, 11) is 0. The number of anilines is 1. The molecule has 106 valence electrons. The Kier molecular flexibility index (Phi) is 4.68. The van der Waals surface area contributed by atoms with Crippen molar-refractivity contribution in [3.63, 3.8) is 0 Å². The highest BCUT2D eigenvalue weighted by atomic mass is 16.5. The number of rotatable bonds is 5. The maximum atomic E-state index is 9.17. The predicted octanol–water partition coefficient (Wildman–Crippen LogP) is 0.174. The molecule has 0 radical (unpaired) electrons. The van der Waals surface area contributed by atoms with E-state index in [1.807, 2.05) is 26.2 Å². The van der Waals surface area contributed by atoms with Crippen LogP contribution in [0.4, 0.5) is 5.95 Å². The van der Waals surface area contributed by atoms with Crippen LogP contribution in [-0.4, -0.2) is 53.5 Å². The Morgan fingerprint density at radius 2 is 1.95 bits per heavy atom. The number of hydrogen-bond acceptors (Lipinski definition) is 6. The van der Waals surface area contributed by atoms with Gasteiger partial charge in [-0.1, -0.05) is 0 Å². The Bertz CT molecular complexity index is 388. The summed E-state index contributed by atoms with van der Waals surface area (Å²) in [6.45, 7) is 7.81. The van der Waals surface area contributed by atoms with Crippen molar-refractivity contribution in [3.05, 3.63) is 18.0 Å². The molecule has 0 aliphatic carbocycles. The monoisotopic (exact) mass is 266 g/mol. The lowest BCUT2D eigenvalue weighted by molar-refractivity contribution is 0.122. The molecule has 2 rings (SSSR count). The highest BCUT2D eigenvalue weighted by molar-refractivity contribution is 5.30. The van der Waals surface area contributed by atoms with Crippen LogP contribution < -0.4 is 10.2 Å². The summed E-state index contributed by atoms with van der Waals surface area (Å²) in [4.78, 5) is 10.9. The Hall–Kier alpha value is -1.24. The molecule has 1 aliphatic heterocycles. The van der Waals surface area contributed by atoms with Crippen molar-refractivity contribution < 1.29 is 9.84 Å². The lowest BCUT2D eigenvalue weighted by atomic mass is 10.1. The Labute approximate surface area is 113 Å². The second-order valence-electron chi connectivity index (χ2n) is 5.39. The van der Waals surface area contributed by atoms with Crippen LogP contribution >= 0.6 is 0 Å². The standard InChI is InChI=1S/C13H22N4O2/c1-13(2,10-18)16-9-11-7-14-12(15-8-11)17-3-5-19-6-4-17/h7-8,16,18H,3-6,9-10H2,1-2H3. The fourth-order valence-corrected chi connectivity index (χ4v) is 1.76. The van der Waals surface area contributed by atoms with Crippen LogP contribution in [0, 0.1) is 0 Å².